The van der Waals surface area contributed by atoms with E-state index in [1.807, 2.05) is 6.07 Å². The number of fused-ring (bicyclic) bond motifs is 1. The molecule has 1 heterocycles. The summed E-state index contributed by atoms with van der Waals surface area (Å²) < 4.78 is 4.79. The van der Waals surface area contributed by atoms with Gasteiger partial charge in [0.1, 0.15) is 9.88 Å². The fraction of sp³-hybridized carbons (Fsp3) is 0.455. The van der Waals surface area contributed by atoms with Crippen molar-refractivity contribution >= 4 is 33.9 Å². The van der Waals surface area contributed by atoms with Crippen LogP contribution in [-0.4, -0.2) is 25.5 Å². The summed E-state index contributed by atoms with van der Waals surface area (Å²) in [5.74, 6) is -0.629. The predicted molar refractivity (Wildman–Crippen MR) is 114 cm³/mol. The Bertz CT molecular complexity index is 914. The average molecular weight is 401 g/mol. The zero-order chi connectivity index (χ0) is 20.7. The predicted octanol–water partition coefficient (Wildman–Crippen LogP) is 4.51. The van der Waals surface area contributed by atoms with Crippen LogP contribution >= 0.6 is 11.3 Å². The summed E-state index contributed by atoms with van der Waals surface area (Å²) in [7, 11) is 1.35. The van der Waals surface area contributed by atoms with E-state index in [0.29, 0.717) is 9.88 Å². The molecule has 0 fully saturated rings. The lowest BCUT2D eigenvalue weighted by Crippen LogP contribution is -2.35. The standard InChI is InChI=1S/C22H28N2O3S/c1-21(2)10-11-22(3,4)16-12-14(6-7-15(16)21)24(18(25)13-23)19-9-8-17(28-19)20(26)27-5/h6-9,12H,10-11,13,23H2,1-5H3. The van der Waals surface area contributed by atoms with Gasteiger partial charge in [-0.1, -0.05) is 33.8 Å². The maximum Gasteiger partial charge on any atom is 0.348 e. The number of anilines is 2. The maximum atomic E-state index is 12.7. The highest BCUT2D eigenvalue weighted by molar-refractivity contribution is 7.18. The third-order valence-electron chi connectivity index (χ3n) is 5.72. The number of esters is 1. The molecule has 0 saturated heterocycles. The highest BCUT2D eigenvalue weighted by atomic mass is 32.1. The molecule has 1 aromatic carbocycles. The molecule has 1 aliphatic carbocycles. The summed E-state index contributed by atoms with van der Waals surface area (Å²) in [6.45, 7) is 8.93. The van der Waals surface area contributed by atoms with E-state index in [1.54, 1.807) is 17.0 Å². The van der Waals surface area contributed by atoms with E-state index in [0.717, 1.165) is 18.5 Å². The molecule has 0 spiro atoms. The quantitative estimate of drug-likeness (QED) is 0.767. The number of rotatable bonds is 4. The average Bonchev–Trinajstić information content (AvgIpc) is 3.14. The van der Waals surface area contributed by atoms with E-state index in [2.05, 4.69) is 39.8 Å². The number of carbonyl (C=O) groups excluding carboxylic acids is 2. The molecule has 6 heteroatoms. The van der Waals surface area contributed by atoms with Crippen LogP contribution in [-0.2, 0) is 20.4 Å². The molecule has 2 aromatic rings. The Morgan fingerprint density at radius 3 is 2.32 bits per heavy atom. The minimum atomic E-state index is -0.412. The lowest BCUT2D eigenvalue weighted by atomic mass is 9.63. The molecule has 1 aromatic heterocycles. The highest BCUT2D eigenvalue weighted by Gasteiger charge is 2.37. The van der Waals surface area contributed by atoms with E-state index in [1.165, 1.54) is 29.6 Å². The molecule has 28 heavy (non-hydrogen) atoms. The van der Waals surface area contributed by atoms with Crippen LogP contribution in [0.2, 0.25) is 0 Å². The number of ether oxygens (including phenoxy) is 1. The van der Waals surface area contributed by atoms with Gasteiger partial charge in [0.05, 0.1) is 19.3 Å². The van der Waals surface area contributed by atoms with Gasteiger partial charge in [0.15, 0.2) is 0 Å². The van der Waals surface area contributed by atoms with Gasteiger partial charge in [-0.15, -0.1) is 11.3 Å². The second-order valence-corrected chi connectivity index (χ2v) is 9.62. The number of methoxy groups -OCH3 is 1. The Hall–Kier alpha value is -2.18. The van der Waals surface area contributed by atoms with Gasteiger partial charge in [-0.3, -0.25) is 9.69 Å². The van der Waals surface area contributed by atoms with Gasteiger partial charge in [-0.25, -0.2) is 4.79 Å². The fourth-order valence-electron chi connectivity index (χ4n) is 3.86. The summed E-state index contributed by atoms with van der Waals surface area (Å²) in [6.07, 6.45) is 2.22. The van der Waals surface area contributed by atoms with Gasteiger partial charge in [-0.05, 0) is 59.1 Å². The van der Waals surface area contributed by atoms with Crippen LogP contribution in [0.15, 0.2) is 30.3 Å². The van der Waals surface area contributed by atoms with Crippen molar-refractivity contribution in [1.82, 2.24) is 0 Å². The SMILES string of the molecule is COC(=O)c1ccc(N(C(=O)CN)c2ccc3c(c2)C(C)(C)CCC3(C)C)s1. The van der Waals surface area contributed by atoms with Crippen LogP contribution in [0.3, 0.4) is 0 Å². The van der Waals surface area contributed by atoms with Crippen molar-refractivity contribution in [3.63, 3.8) is 0 Å². The normalized spacial score (nSPS) is 16.9. The van der Waals surface area contributed by atoms with Crippen LogP contribution in [0.4, 0.5) is 10.7 Å². The number of nitrogens with zero attached hydrogens (tertiary/aromatic N) is 1. The molecule has 0 bridgehead atoms. The second-order valence-electron chi connectivity index (χ2n) is 8.56. The Kier molecular flexibility index (Phi) is 5.38. The first-order valence-corrected chi connectivity index (χ1v) is 10.3. The molecule has 0 aliphatic heterocycles. The van der Waals surface area contributed by atoms with Crippen molar-refractivity contribution in [2.75, 3.05) is 18.6 Å². The van der Waals surface area contributed by atoms with Crippen molar-refractivity contribution in [3.8, 4) is 0 Å². The summed E-state index contributed by atoms with van der Waals surface area (Å²) in [5, 5.41) is 0.656. The van der Waals surface area contributed by atoms with Crippen LogP contribution in [0.25, 0.3) is 0 Å². The number of thiophene rings is 1. The number of amides is 1. The first kappa shape index (κ1) is 20.6. The van der Waals surface area contributed by atoms with Crippen molar-refractivity contribution in [2.24, 2.45) is 5.73 Å². The van der Waals surface area contributed by atoms with Crippen molar-refractivity contribution < 1.29 is 14.3 Å². The largest absolute Gasteiger partial charge is 0.465 e. The molecule has 0 radical (unpaired) electrons. The first-order valence-electron chi connectivity index (χ1n) is 9.47. The fourth-order valence-corrected chi connectivity index (χ4v) is 4.82. The minimum Gasteiger partial charge on any atom is -0.465 e. The molecule has 0 atom stereocenters. The van der Waals surface area contributed by atoms with E-state index >= 15 is 0 Å². The number of carbonyl (C=O) groups is 2. The molecule has 150 valence electrons. The number of nitrogens with two attached hydrogens (primary N) is 1. The lowest BCUT2D eigenvalue weighted by molar-refractivity contribution is -0.116. The maximum absolute atomic E-state index is 12.7. The van der Waals surface area contributed by atoms with Crippen molar-refractivity contribution in [1.29, 1.82) is 0 Å². The first-order chi connectivity index (χ1) is 13.1. The van der Waals surface area contributed by atoms with Gasteiger partial charge in [0, 0.05) is 0 Å². The molecule has 0 saturated carbocycles. The molecule has 1 aliphatic rings. The Morgan fingerprint density at radius 1 is 1.07 bits per heavy atom. The van der Waals surface area contributed by atoms with Crippen LogP contribution in [0.1, 0.15) is 61.3 Å². The zero-order valence-electron chi connectivity index (χ0n) is 17.2. The minimum absolute atomic E-state index is 0.0327. The van der Waals surface area contributed by atoms with E-state index < -0.39 is 5.97 Å². The monoisotopic (exact) mass is 400 g/mol. The molecule has 5 nitrogen and oxygen atoms in total. The Morgan fingerprint density at radius 2 is 1.71 bits per heavy atom. The second kappa shape index (κ2) is 7.33. The third-order valence-corrected chi connectivity index (χ3v) is 6.77. The smallest absolute Gasteiger partial charge is 0.348 e. The highest BCUT2D eigenvalue weighted by Crippen LogP contribution is 2.47. The van der Waals surface area contributed by atoms with E-state index in [9.17, 15) is 9.59 Å². The van der Waals surface area contributed by atoms with E-state index in [4.69, 9.17) is 10.5 Å². The Balaban J connectivity index is 2.11. The lowest BCUT2D eigenvalue weighted by Gasteiger charge is -2.42. The van der Waals surface area contributed by atoms with Crippen LogP contribution < -0.4 is 10.6 Å². The number of hydrogen-bond acceptors (Lipinski definition) is 5. The van der Waals surface area contributed by atoms with Gasteiger partial charge in [-0.2, -0.15) is 0 Å². The van der Waals surface area contributed by atoms with Crippen molar-refractivity contribution in [2.45, 2.75) is 51.4 Å². The van der Waals surface area contributed by atoms with Gasteiger partial charge in [0.2, 0.25) is 5.91 Å². The van der Waals surface area contributed by atoms with Crippen molar-refractivity contribution in [3.05, 3.63) is 46.3 Å². The van der Waals surface area contributed by atoms with Crippen LogP contribution in [0, 0.1) is 0 Å². The third kappa shape index (κ3) is 3.59. The summed E-state index contributed by atoms with van der Waals surface area (Å²) in [5.41, 5.74) is 9.20. The Labute approximate surface area is 170 Å². The van der Waals surface area contributed by atoms with Gasteiger partial charge < -0.3 is 10.5 Å². The summed E-state index contributed by atoms with van der Waals surface area (Å²) in [4.78, 5) is 26.6. The molecular weight excluding hydrogens is 372 g/mol. The molecule has 0 unspecified atom stereocenters. The molecule has 2 N–H and O–H groups in total. The molecular formula is C22H28N2O3S. The number of benzene rings is 1. The van der Waals surface area contributed by atoms with Gasteiger partial charge >= 0.3 is 5.97 Å². The molecule has 1 amide bonds. The van der Waals surface area contributed by atoms with E-state index in [-0.39, 0.29) is 23.3 Å². The molecule has 3 rings (SSSR count). The zero-order valence-corrected chi connectivity index (χ0v) is 18.0. The van der Waals surface area contributed by atoms with Crippen LogP contribution in [0.5, 0.6) is 0 Å². The number of hydrogen-bond donors (Lipinski definition) is 1. The van der Waals surface area contributed by atoms with Gasteiger partial charge in [0.25, 0.3) is 0 Å². The summed E-state index contributed by atoms with van der Waals surface area (Å²) >= 11 is 1.22. The topological polar surface area (TPSA) is 72.6 Å². The summed E-state index contributed by atoms with van der Waals surface area (Å²) in [6, 6.07) is 9.67.